The van der Waals surface area contributed by atoms with Gasteiger partial charge in [-0.3, -0.25) is 0 Å². The maximum atomic E-state index is 13.5. The van der Waals surface area contributed by atoms with Crippen molar-refractivity contribution in [1.82, 2.24) is 0 Å². The third kappa shape index (κ3) is 3.97. The van der Waals surface area contributed by atoms with Crippen LogP contribution in [0.4, 0.5) is 26.3 Å². The van der Waals surface area contributed by atoms with Crippen molar-refractivity contribution in [1.29, 1.82) is 0 Å². The van der Waals surface area contributed by atoms with Gasteiger partial charge < -0.3 is 19.1 Å². The van der Waals surface area contributed by atoms with Crippen molar-refractivity contribution in [2.24, 2.45) is 0 Å². The summed E-state index contributed by atoms with van der Waals surface area (Å²) in [4.78, 5) is 13.5. The van der Waals surface area contributed by atoms with E-state index in [4.69, 9.17) is 9.47 Å². The molecular weight excluding hydrogens is 492 g/mol. The van der Waals surface area contributed by atoms with Crippen molar-refractivity contribution in [3.63, 3.8) is 0 Å². The Balaban J connectivity index is 1.52. The molecule has 0 radical (unpaired) electrons. The van der Waals surface area contributed by atoms with Gasteiger partial charge in [-0.1, -0.05) is 24.3 Å². The first-order valence-electron chi connectivity index (χ1n) is 11.4. The molecule has 5 rings (SSSR count). The molecule has 2 bridgehead atoms. The molecular formula is C25H24F6NO4+. The number of hydrogen-bond donors (Lipinski definition) is 1. The molecule has 5 atom stereocenters. The van der Waals surface area contributed by atoms with Crippen LogP contribution in [0.3, 0.4) is 0 Å². The molecule has 4 unspecified atom stereocenters. The number of benzene rings is 2. The number of alkyl halides is 6. The molecule has 3 aliphatic rings. The summed E-state index contributed by atoms with van der Waals surface area (Å²) in [6.45, 7) is 0. The number of esters is 1. The van der Waals surface area contributed by atoms with Gasteiger partial charge in [0.25, 0.3) is 0 Å². The lowest BCUT2D eigenvalue weighted by molar-refractivity contribution is -0.938. The zero-order chi connectivity index (χ0) is 26.3. The van der Waals surface area contributed by atoms with Crippen LogP contribution in [0.5, 0.6) is 0 Å². The van der Waals surface area contributed by atoms with Crippen LogP contribution in [-0.2, 0) is 32.2 Å². The second-order valence-corrected chi connectivity index (χ2v) is 10.2. The highest BCUT2D eigenvalue weighted by molar-refractivity contribution is 5.85. The number of aliphatic hydroxyl groups is 1. The Morgan fingerprint density at radius 3 is 1.69 bits per heavy atom. The first-order valence-corrected chi connectivity index (χ1v) is 11.4. The number of likely N-dealkylation sites (N-methyl/N-ethyl adjacent to an activating group) is 1. The predicted molar refractivity (Wildman–Crippen MR) is 113 cm³/mol. The number of fused-ring (bicyclic) bond motifs is 5. The molecule has 0 aromatic heterocycles. The highest BCUT2D eigenvalue weighted by atomic mass is 19.4. The van der Waals surface area contributed by atoms with Gasteiger partial charge in [0.2, 0.25) is 5.60 Å². The normalized spacial score (nSPS) is 29.0. The Bertz CT molecular complexity index is 1120. The number of nitrogens with zero attached hydrogens (tertiary/aromatic N) is 1. The lowest BCUT2D eigenvalue weighted by Crippen LogP contribution is -2.60. The molecule has 3 saturated heterocycles. The summed E-state index contributed by atoms with van der Waals surface area (Å²) in [5, 5.41) is 11.6. The molecule has 0 aliphatic carbocycles. The Kier molecular flexibility index (Phi) is 5.52. The van der Waals surface area contributed by atoms with Crippen molar-refractivity contribution < 1.29 is 50.2 Å². The third-order valence-electron chi connectivity index (χ3n) is 7.82. The summed E-state index contributed by atoms with van der Waals surface area (Å²) >= 11 is 0. The van der Waals surface area contributed by atoms with Gasteiger partial charge >= 0.3 is 18.3 Å². The number of carbonyl (C=O) groups excluding carboxylic acids is 1. The lowest BCUT2D eigenvalue weighted by atomic mass is 9.84. The average molecular weight is 516 g/mol. The van der Waals surface area contributed by atoms with E-state index in [9.17, 15) is 36.2 Å². The molecule has 194 valence electrons. The summed E-state index contributed by atoms with van der Waals surface area (Å²) in [7, 11) is 4.09. The van der Waals surface area contributed by atoms with Gasteiger partial charge in [0, 0.05) is 24.0 Å². The molecule has 2 aromatic rings. The van der Waals surface area contributed by atoms with E-state index in [0.717, 1.165) is 36.4 Å². The maximum Gasteiger partial charge on any atom is 0.416 e. The van der Waals surface area contributed by atoms with E-state index >= 15 is 0 Å². The highest BCUT2D eigenvalue weighted by Crippen LogP contribution is 2.52. The van der Waals surface area contributed by atoms with Gasteiger partial charge in [0.1, 0.15) is 30.4 Å². The molecule has 0 amide bonds. The Hall–Kier alpha value is -2.63. The van der Waals surface area contributed by atoms with Crippen LogP contribution in [0, 0.1) is 0 Å². The van der Waals surface area contributed by atoms with Gasteiger partial charge in [0.15, 0.2) is 0 Å². The number of quaternary nitrogens is 1. The fourth-order valence-electron chi connectivity index (χ4n) is 5.78. The number of morpholine rings is 1. The number of carbonyl (C=O) groups is 1. The van der Waals surface area contributed by atoms with E-state index in [0.29, 0.717) is 29.5 Å². The van der Waals surface area contributed by atoms with Crippen LogP contribution in [0.15, 0.2) is 48.5 Å². The summed E-state index contributed by atoms with van der Waals surface area (Å²) in [6.07, 6.45) is -9.42. The second-order valence-electron chi connectivity index (χ2n) is 10.2. The van der Waals surface area contributed by atoms with Gasteiger partial charge in [-0.25, -0.2) is 4.79 Å². The molecule has 36 heavy (non-hydrogen) atoms. The fraction of sp³-hybridized carbons (Fsp3) is 0.480. The number of epoxide rings is 1. The number of ether oxygens (including phenoxy) is 2. The molecule has 11 heteroatoms. The van der Waals surface area contributed by atoms with Crippen molar-refractivity contribution in [2.75, 3.05) is 14.1 Å². The van der Waals surface area contributed by atoms with E-state index in [1.165, 1.54) is 0 Å². The van der Waals surface area contributed by atoms with E-state index in [1.807, 2.05) is 14.1 Å². The molecule has 5 nitrogen and oxygen atoms in total. The van der Waals surface area contributed by atoms with Crippen LogP contribution < -0.4 is 0 Å². The standard InChI is InChI=1S/C25H24F6NO4/c1-32(2)18-11-17(12-19(32)21-20(18)36-21)35-22(33)23(34,13-5-3-7-15(9-13)24(26,27)28)14-6-4-8-16(10-14)25(29,30)31/h3-10,17-21,34H,11-12H2,1-2H3/q+1/t17?,18?,19?,20-,21?/m1/s1. The Morgan fingerprint density at radius 2 is 1.28 bits per heavy atom. The predicted octanol–water partition coefficient (Wildman–Crippen LogP) is 4.26. The number of rotatable bonds is 4. The number of hydrogen-bond acceptors (Lipinski definition) is 4. The van der Waals surface area contributed by atoms with E-state index in [-0.39, 0.29) is 24.3 Å². The molecule has 0 saturated carbocycles. The first kappa shape index (κ1) is 25.0. The second kappa shape index (κ2) is 7.93. The molecule has 3 aliphatic heterocycles. The minimum absolute atomic E-state index is 0.0273. The monoisotopic (exact) mass is 516 g/mol. The van der Waals surface area contributed by atoms with Gasteiger partial charge in [-0.2, -0.15) is 26.3 Å². The van der Waals surface area contributed by atoms with Gasteiger partial charge in [-0.15, -0.1) is 0 Å². The number of halogens is 6. The Morgan fingerprint density at radius 1 is 0.861 bits per heavy atom. The molecule has 3 fully saturated rings. The fourth-order valence-corrected chi connectivity index (χ4v) is 5.78. The van der Waals surface area contributed by atoms with Crippen molar-refractivity contribution in [2.45, 2.75) is 61.2 Å². The minimum atomic E-state index is -4.80. The third-order valence-corrected chi connectivity index (χ3v) is 7.82. The largest absolute Gasteiger partial charge is 0.459 e. The molecule has 2 aromatic carbocycles. The zero-order valence-electron chi connectivity index (χ0n) is 19.3. The smallest absolute Gasteiger partial charge is 0.416 e. The molecule has 1 N–H and O–H groups in total. The minimum Gasteiger partial charge on any atom is -0.459 e. The van der Waals surface area contributed by atoms with Gasteiger partial charge in [0.05, 0.1) is 25.2 Å². The van der Waals surface area contributed by atoms with Crippen LogP contribution in [0.25, 0.3) is 0 Å². The van der Waals surface area contributed by atoms with E-state index in [2.05, 4.69) is 0 Å². The average Bonchev–Trinajstić information content (AvgIpc) is 3.56. The number of piperidine rings is 1. The van der Waals surface area contributed by atoms with E-state index < -0.39 is 52.3 Å². The van der Waals surface area contributed by atoms with Crippen molar-refractivity contribution in [3.05, 3.63) is 70.8 Å². The lowest BCUT2D eigenvalue weighted by Gasteiger charge is -2.45. The van der Waals surface area contributed by atoms with Crippen molar-refractivity contribution in [3.8, 4) is 0 Å². The first-order chi connectivity index (χ1) is 16.6. The summed E-state index contributed by atoms with van der Waals surface area (Å²) in [6, 6.07) is 6.73. The van der Waals surface area contributed by atoms with Crippen molar-refractivity contribution >= 4 is 5.97 Å². The summed E-state index contributed by atoms with van der Waals surface area (Å²) < 4.78 is 92.4. The van der Waals surface area contributed by atoms with Crippen LogP contribution >= 0.6 is 0 Å². The zero-order valence-corrected chi connectivity index (χ0v) is 19.3. The molecule has 3 heterocycles. The quantitative estimate of drug-likeness (QED) is 0.286. The van der Waals surface area contributed by atoms with Crippen LogP contribution in [0.1, 0.15) is 35.1 Å². The maximum absolute atomic E-state index is 13.5. The molecule has 0 spiro atoms. The van der Waals surface area contributed by atoms with Crippen LogP contribution in [0.2, 0.25) is 0 Å². The topological polar surface area (TPSA) is 59.1 Å². The summed E-state index contributed by atoms with van der Waals surface area (Å²) in [5.41, 5.74) is -6.30. The summed E-state index contributed by atoms with van der Waals surface area (Å²) in [5.74, 6) is -1.33. The SMILES string of the molecule is C[N+]1(C)C2CC(OC(=O)C(O)(c3cccc(C(F)(F)F)c3)c3cccc(C(F)(F)F)c3)CC1[C@H]1OC21. The highest BCUT2D eigenvalue weighted by Gasteiger charge is 2.71. The Labute approximate surface area is 202 Å². The van der Waals surface area contributed by atoms with E-state index in [1.54, 1.807) is 0 Å². The van der Waals surface area contributed by atoms with Crippen LogP contribution in [-0.4, -0.2) is 60.0 Å². The van der Waals surface area contributed by atoms with Gasteiger partial charge in [-0.05, 0) is 24.3 Å².